The minimum Gasteiger partial charge on any atom is -0.471 e. The van der Waals surface area contributed by atoms with Crippen LogP contribution in [0.2, 0.25) is 0 Å². The molecule has 1 amide bonds. The molecule has 0 aliphatic rings. The van der Waals surface area contributed by atoms with E-state index < -0.39 is 12.3 Å². The van der Waals surface area contributed by atoms with Crippen molar-refractivity contribution in [2.75, 3.05) is 13.2 Å². The molecule has 1 heterocycles. The second kappa shape index (κ2) is 7.48. The summed E-state index contributed by atoms with van der Waals surface area (Å²) in [5, 5.41) is 2.76. The van der Waals surface area contributed by atoms with E-state index in [9.17, 15) is 13.6 Å². The highest BCUT2D eigenvalue weighted by atomic mass is 31.0. The highest BCUT2D eigenvalue weighted by Gasteiger charge is 2.22. The Hall–Kier alpha value is -1.29. The van der Waals surface area contributed by atoms with Gasteiger partial charge in [0.2, 0.25) is 5.88 Å². The Kier molecular flexibility index (Phi) is 6.27. The van der Waals surface area contributed by atoms with Crippen molar-refractivity contribution in [3.05, 3.63) is 23.9 Å². The quantitative estimate of drug-likeness (QED) is 0.788. The Morgan fingerprint density at radius 3 is 2.70 bits per heavy atom. The molecule has 20 heavy (non-hydrogen) atoms. The molecule has 0 saturated carbocycles. The molecule has 0 saturated heterocycles. The van der Waals surface area contributed by atoms with E-state index >= 15 is 0 Å². The van der Waals surface area contributed by atoms with Crippen molar-refractivity contribution in [2.45, 2.75) is 25.9 Å². The summed E-state index contributed by atoms with van der Waals surface area (Å²) in [5.41, 5.74) is -2.62. The molecular weight excluding hydrogens is 285 g/mol. The molecule has 1 unspecified atom stereocenters. The number of hydrogen-bond donors (Lipinski definition) is 1. The molecule has 1 rings (SSSR count). The lowest BCUT2D eigenvalue weighted by Crippen LogP contribution is -2.25. The van der Waals surface area contributed by atoms with Crippen LogP contribution in [-0.2, 0) is 0 Å². The Labute approximate surface area is 119 Å². The largest absolute Gasteiger partial charge is 0.471 e. The van der Waals surface area contributed by atoms with Gasteiger partial charge in [-0.15, -0.1) is 0 Å². The van der Waals surface area contributed by atoms with Gasteiger partial charge in [-0.1, -0.05) is 23.1 Å². The molecule has 7 heteroatoms. The van der Waals surface area contributed by atoms with Gasteiger partial charge < -0.3 is 10.1 Å². The molecule has 0 spiro atoms. The van der Waals surface area contributed by atoms with E-state index in [0.29, 0.717) is 18.0 Å². The van der Waals surface area contributed by atoms with Crippen LogP contribution >= 0.6 is 9.24 Å². The highest BCUT2D eigenvalue weighted by Crippen LogP contribution is 2.22. The van der Waals surface area contributed by atoms with Crippen LogP contribution in [0.25, 0.3) is 0 Å². The standard InChI is InChI=1S/C13H19F2N2O2P/c1-9(2)5-6-16-12(18)10-3-4-11(17-7-10)19-8-13(14,15)20/h3-4,7,9H,5-6,8,20H2,1-2H3,(H,16,18). The molecule has 4 nitrogen and oxygen atoms in total. The number of nitrogens with zero attached hydrogens (tertiary/aromatic N) is 1. The fraction of sp³-hybridized carbons (Fsp3) is 0.538. The second-order valence-electron chi connectivity index (χ2n) is 4.87. The number of rotatable bonds is 7. The first kappa shape index (κ1) is 16.8. The smallest absolute Gasteiger partial charge is 0.292 e. The molecule has 0 bridgehead atoms. The zero-order chi connectivity index (χ0) is 15.2. The molecular formula is C13H19F2N2O2P. The third-order valence-corrected chi connectivity index (χ3v) is 2.58. The van der Waals surface area contributed by atoms with Gasteiger partial charge in [-0.2, -0.15) is 8.78 Å². The second-order valence-corrected chi connectivity index (χ2v) is 5.72. The maximum Gasteiger partial charge on any atom is 0.292 e. The number of hydrogen-bond acceptors (Lipinski definition) is 3. The van der Waals surface area contributed by atoms with Gasteiger partial charge in [-0.05, 0) is 18.4 Å². The minimum absolute atomic E-state index is 0.0610. The molecule has 1 N–H and O–H groups in total. The van der Waals surface area contributed by atoms with Crippen molar-refractivity contribution in [1.29, 1.82) is 0 Å². The number of amides is 1. The van der Waals surface area contributed by atoms with Crippen molar-refractivity contribution < 1.29 is 18.3 Å². The van der Waals surface area contributed by atoms with Crippen molar-refractivity contribution in [3.63, 3.8) is 0 Å². The Morgan fingerprint density at radius 2 is 2.20 bits per heavy atom. The average molecular weight is 304 g/mol. The van der Waals surface area contributed by atoms with Gasteiger partial charge in [-0.25, -0.2) is 4.98 Å². The van der Waals surface area contributed by atoms with Crippen LogP contribution in [0.5, 0.6) is 5.88 Å². The maximum absolute atomic E-state index is 12.6. The molecule has 112 valence electrons. The topological polar surface area (TPSA) is 51.2 Å². The summed E-state index contributed by atoms with van der Waals surface area (Å²) in [4.78, 5) is 15.6. The lowest BCUT2D eigenvalue weighted by Gasteiger charge is -2.11. The lowest BCUT2D eigenvalue weighted by molar-refractivity contribution is 0.0442. The number of aromatic nitrogens is 1. The van der Waals surface area contributed by atoms with Crippen LogP contribution < -0.4 is 10.1 Å². The monoisotopic (exact) mass is 304 g/mol. The number of halogens is 2. The normalized spacial score (nSPS) is 11.5. The van der Waals surface area contributed by atoms with E-state index in [2.05, 4.69) is 24.1 Å². The zero-order valence-corrected chi connectivity index (χ0v) is 12.7. The third kappa shape index (κ3) is 6.75. The van der Waals surface area contributed by atoms with Gasteiger partial charge in [0.15, 0.2) is 6.61 Å². The summed E-state index contributed by atoms with van der Waals surface area (Å²) in [6.45, 7) is 3.96. The van der Waals surface area contributed by atoms with Gasteiger partial charge in [0.05, 0.1) is 5.56 Å². The van der Waals surface area contributed by atoms with E-state index in [0.717, 1.165) is 6.42 Å². The number of ether oxygens (including phenoxy) is 1. The minimum atomic E-state index is -2.99. The Morgan fingerprint density at radius 1 is 1.50 bits per heavy atom. The van der Waals surface area contributed by atoms with Crippen molar-refractivity contribution in [2.24, 2.45) is 5.92 Å². The number of pyridine rings is 1. The highest BCUT2D eigenvalue weighted by molar-refractivity contribution is 7.18. The van der Waals surface area contributed by atoms with Crippen LogP contribution in [0.1, 0.15) is 30.6 Å². The third-order valence-electron chi connectivity index (χ3n) is 2.42. The average Bonchev–Trinajstić information content (AvgIpc) is 2.35. The summed E-state index contributed by atoms with van der Waals surface area (Å²) in [5.74, 6) is 0.338. The molecule has 0 radical (unpaired) electrons. The number of carbonyl (C=O) groups is 1. The van der Waals surface area contributed by atoms with Crippen LogP contribution in [0.4, 0.5) is 8.78 Å². The summed E-state index contributed by atoms with van der Waals surface area (Å²) in [6.07, 6.45) is 2.20. The van der Waals surface area contributed by atoms with Crippen LogP contribution in [0, 0.1) is 5.92 Å². The van der Waals surface area contributed by atoms with Gasteiger partial charge in [0.1, 0.15) is 0 Å². The van der Waals surface area contributed by atoms with Gasteiger partial charge in [0.25, 0.3) is 11.6 Å². The first-order chi connectivity index (χ1) is 9.28. The fourth-order valence-electron chi connectivity index (χ4n) is 1.35. The predicted molar refractivity (Wildman–Crippen MR) is 76.2 cm³/mol. The van der Waals surface area contributed by atoms with E-state index in [4.69, 9.17) is 4.74 Å². The molecule has 1 aromatic rings. The van der Waals surface area contributed by atoms with Crippen LogP contribution in [0.3, 0.4) is 0 Å². The van der Waals surface area contributed by atoms with Crippen LogP contribution in [0.15, 0.2) is 18.3 Å². The van der Waals surface area contributed by atoms with E-state index in [1.807, 2.05) is 0 Å². The number of alkyl halides is 2. The van der Waals surface area contributed by atoms with Gasteiger partial charge in [0, 0.05) is 18.8 Å². The molecule has 0 aromatic carbocycles. The summed E-state index contributed by atoms with van der Waals surface area (Å²) < 4.78 is 29.9. The predicted octanol–water partition coefficient (Wildman–Crippen LogP) is 2.70. The van der Waals surface area contributed by atoms with Crippen molar-refractivity contribution >= 4 is 15.1 Å². The van der Waals surface area contributed by atoms with E-state index in [1.54, 1.807) is 0 Å². The molecule has 1 aromatic heterocycles. The number of nitrogens with one attached hydrogen (secondary N) is 1. The first-order valence-electron chi connectivity index (χ1n) is 6.31. The fourth-order valence-corrected chi connectivity index (χ4v) is 1.43. The van der Waals surface area contributed by atoms with E-state index in [-0.39, 0.29) is 11.8 Å². The zero-order valence-electron chi connectivity index (χ0n) is 11.5. The van der Waals surface area contributed by atoms with E-state index in [1.165, 1.54) is 27.6 Å². The maximum atomic E-state index is 12.6. The molecule has 1 atom stereocenters. The Bertz CT molecular complexity index is 433. The first-order valence-corrected chi connectivity index (χ1v) is 6.89. The van der Waals surface area contributed by atoms with Gasteiger partial charge >= 0.3 is 0 Å². The SMILES string of the molecule is CC(C)CCNC(=O)c1ccc(OCC(F)(F)P)nc1. The van der Waals surface area contributed by atoms with Gasteiger partial charge in [-0.3, -0.25) is 4.79 Å². The van der Waals surface area contributed by atoms with Crippen molar-refractivity contribution in [1.82, 2.24) is 10.3 Å². The van der Waals surface area contributed by atoms with Crippen LogP contribution in [-0.4, -0.2) is 29.7 Å². The lowest BCUT2D eigenvalue weighted by atomic mass is 10.1. The summed E-state index contributed by atoms with van der Waals surface area (Å²) in [6, 6.07) is 2.89. The van der Waals surface area contributed by atoms with Crippen molar-refractivity contribution in [3.8, 4) is 5.88 Å². The Balaban J connectivity index is 2.47. The summed E-state index contributed by atoms with van der Waals surface area (Å²) >= 11 is 0. The molecule has 0 aliphatic heterocycles. The molecule has 0 fully saturated rings. The number of carbonyl (C=O) groups excluding carboxylic acids is 1. The summed E-state index contributed by atoms with van der Waals surface area (Å²) in [7, 11) is 1.39. The molecule has 0 aliphatic carbocycles.